The van der Waals surface area contributed by atoms with E-state index in [4.69, 9.17) is 0 Å². The maximum Gasteiger partial charge on any atom is 0.311 e. The number of hydrogen-bond donors (Lipinski definition) is 1. The van der Waals surface area contributed by atoms with Crippen LogP contribution in [0, 0.1) is 5.41 Å². The monoisotopic (exact) mass is 280 g/mol. The first-order valence-corrected chi connectivity index (χ1v) is 7.41. The molecular formula is C14H24N4O2. The second kappa shape index (κ2) is 5.50. The fraction of sp³-hybridized carbons (Fsp3) is 0.857. The Morgan fingerprint density at radius 1 is 1.35 bits per heavy atom. The second-order valence-electron chi connectivity index (χ2n) is 6.54. The number of rotatable bonds is 5. The van der Waals surface area contributed by atoms with Gasteiger partial charge in [-0.05, 0) is 29.7 Å². The van der Waals surface area contributed by atoms with Crippen molar-refractivity contribution in [2.75, 3.05) is 0 Å². The maximum atomic E-state index is 11.8. The number of hydrogen-bond acceptors (Lipinski definition) is 4. The van der Waals surface area contributed by atoms with Crippen LogP contribution in [0.4, 0.5) is 0 Å². The van der Waals surface area contributed by atoms with Crippen LogP contribution in [0.5, 0.6) is 0 Å². The third-order valence-corrected chi connectivity index (χ3v) is 4.74. The number of aromatic nitrogens is 4. The number of carbonyl (C=O) groups is 1. The van der Waals surface area contributed by atoms with E-state index in [1.165, 1.54) is 0 Å². The van der Waals surface area contributed by atoms with Gasteiger partial charge in [-0.25, -0.2) is 4.68 Å². The molecule has 112 valence electrons. The van der Waals surface area contributed by atoms with Crippen molar-refractivity contribution in [2.45, 2.75) is 71.3 Å². The first kappa shape index (κ1) is 14.9. The molecule has 6 nitrogen and oxygen atoms in total. The van der Waals surface area contributed by atoms with Crippen LogP contribution < -0.4 is 0 Å². The highest BCUT2D eigenvalue weighted by Gasteiger charge is 2.41. The first-order valence-electron chi connectivity index (χ1n) is 7.41. The zero-order chi connectivity index (χ0) is 14.8. The van der Waals surface area contributed by atoms with Gasteiger partial charge in [0.25, 0.3) is 0 Å². The number of nitrogens with zero attached hydrogens (tertiary/aromatic N) is 4. The minimum absolute atomic E-state index is 0.141. The van der Waals surface area contributed by atoms with E-state index in [-0.39, 0.29) is 5.41 Å². The molecule has 1 N–H and O–H groups in total. The minimum atomic E-state index is -0.715. The Kier molecular flexibility index (Phi) is 4.11. The highest BCUT2D eigenvalue weighted by molar-refractivity contribution is 5.74. The van der Waals surface area contributed by atoms with Crippen molar-refractivity contribution < 1.29 is 9.90 Å². The molecule has 0 saturated heterocycles. The van der Waals surface area contributed by atoms with E-state index in [2.05, 4.69) is 36.3 Å². The van der Waals surface area contributed by atoms with Gasteiger partial charge >= 0.3 is 5.97 Å². The molecule has 1 aromatic rings. The molecule has 0 atom stereocenters. The van der Waals surface area contributed by atoms with E-state index < -0.39 is 11.4 Å². The van der Waals surface area contributed by atoms with Gasteiger partial charge in [0.15, 0.2) is 5.82 Å². The van der Waals surface area contributed by atoms with E-state index in [0.29, 0.717) is 19.4 Å². The lowest BCUT2D eigenvalue weighted by atomic mass is 9.74. The number of tetrazole rings is 1. The van der Waals surface area contributed by atoms with Crippen molar-refractivity contribution in [3.63, 3.8) is 0 Å². The van der Waals surface area contributed by atoms with E-state index in [0.717, 1.165) is 31.5 Å². The summed E-state index contributed by atoms with van der Waals surface area (Å²) in [5, 5.41) is 21.6. The third-order valence-electron chi connectivity index (χ3n) is 4.74. The van der Waals surface area contributed by atoms with Crippen LogP contribution in [-0.4, -0.2) is 31.3 Å². The van der Waals surface area contributed by atoms with Gasteiger partial charge in [0.05, 0.1) is 12.0 Å². The fourth-order valence-corrected chi connectivity index (χ4v) is 2.91. The quantitative estimate of drug-likeness (QED) is 0.895. The number of carboxylic acid groups (broad SMARTS) is 1. The summed E-state index contributed by atoms with van der Waals surface area (Å²) in [7, 11) is 0. The van der Waals surface area contributed by atoms with Crippen LogP contribution in [0.3, 0.4) is 0 Å². The number of aliphatic carboxylic acids is 1. The summed E-state index contributed by atoms with van der Waals surface area (Å²) in [4.78, 5) is 11.8. The van der Waals surface area contributed by atoms with E-state index in [1.54, 1.807) is 4.68 Å². The Balaban J connectivity index is 2.29. The van der Waals surface area contributed by atoms with Gasteiger partial charge in [0.2, 0.25) is 0 Å². The van der Waals surface area contributed by atoms with Crippen LogP contribution in [0.25, 0.3) is 0 Å². The molecule has 2 rings (SSSR count). The van der Waals surface area contributed by atoms with Crippen LogP contribution in [0.15, 0.2) is 0 Å². The Hall–Kier alpha value is -1.46. The van der Waals surface area contributed by atoms with E-state index in [9.17, 15) is 9.90 Å². The summed E-state index contributed by atoms with van der Waals surface area (Å²) in [5.74, 6) is 0.0687. The lowest BCUT2D eigenvalue weighted by molar-refractivity contribution is -0.152. The summed E-state index contributed by atoms with van der Waals surface area (Å²) < 4.78 is 1.71. The van der Waals surface area contributed by atoms with Gasteiger partial charge in [-0.2, -0.15) is 0 Å². The second-order valence-corrected chi connectivity index (χ2v) is 6.54. The third kappa shape index (κ3) is 2.69. The predicted molar refractivity (Wildman–Crippen MR) is 74.3 cm³/mol. The standard InChI is InChI=1S/C14H24N4O2/c1-4-13(2,3)11-15-16-17-18(11)10-14(12(19)20)8-6-5-7-9-14/h4-10H2,1-3H3,(H,19,20). The number of carboxylic acids is 1. The Labute approximate surface area is 119 Å². The fourth-order valence-electron chi connectivity index (χ4n) is 2.91. The largest absolute Gasteiger partial charge is 0.481 e. The molecule has 20 heavy (non-hydrogen) atoms. The molecule has 1 aromatic heterocycles. The normalized spacial score (nSPS) is 18.9. The van der Waals surface area contributed by atoms with Crippen molar-refractivity contribution in [1.29, 1.82) is 0 Å². The van der Waals surface area contributed by atoms with Crippen LogP contribution in [0.2, 0.25) is 0 Å². The van der Waals surface area contributed by atoms with Crippen molar-refractivity contribution in [1.82, 2.24) is 20.2 Å². The van der Waals surface area contributed by atoms with Crippen molar-refractivity contribution in [3.8, 4) is 0 Å². The van der Waals surface area contributed by atoms with E-state index in [1.807, 2.05) is 0 Å². The van der Waals surface area contributed by atoms with Gasteiger partial charge in [-0.15, -0.1) is 5.10 Å². The molecule has 1 saturated carbocycles. The Bertz CT molecular complexity index is 475. The SMILES string of the molecule is CCC(C)(C)c1nnnn1CC1(C(=O)O)CCCCC1. The Morgan fingerprint density at radius 3 is 2.55 bits per heavy atom. The zero-order valence-electron chi connectivity index (χ0n) is 12.6. The average Bonchev–Trinajstić information content (AvgIpc) is 2.88. The van der Waals surface area contributed by atoms with Gasteiger partial charge in [0.1, 0.15) is 0 Å². The van der Waals surface area contributed by atoms with Gasteiger partial charge in [0, 0.05) is 5.41 Å². The molecule has 0 aliphatic heterocycles. The molecule has 1 aliphatic carbocycles. The molecule has 0 unspecified atom stereocenters. The lowest BCUT2D eigenvalue weighted by Gasteiger charge is -2.33. The van der Waals surface area contributed by atoms with Crippen molar-refractivity contribution in [2.24, 2.45) is 5.41 Å². The molecule has 0 bridgehead atoms. The molecule has 1 aliphatic rings. The molecule has 1 fully saturated rings. The maximum absolute atomic E-state index is 11.8. The molecule has 0 amide bonds. The topological polar surface area (TPSA) is 80.9 Å². The molecule has 0 radical (unpaired) electrons. The summed E-state index contributed by atoms with van der Waals surface area (Å²) in [5.41, 5.74) is -0.843. The van der Waals surface area contributed by atoms with Gasteiger partial charge in [-0.1, -0.05) is 40.0 Å². The van der Waals surface area contributed by atoms with Crippen LogP contribution in [-0.2, 0) is 16.8 Å². The van der Waals surface area contributed by atoms with Gasteiger partial charge in [-0.3, -0.25) is 4.79 Å². The van der Waals surface area contributed by atoms with Gasteiger partial charge < -0.3 is 5.11 Å². The summed E-state index contributed by atoms with van der Waals surface area (Å²) in [6.07, 6.45) is 5.41. The molecular weight excluding hydrogens is 256 g/mol. The molecule has 1 heterocycles. The smallest absolute Gasteiger partial charge is 0.311 e. The molecule has 0 aromatic carbocycles. The van der Waals surface area contributed by atoms with Crippen LogP contribution in [0.1, 0.15) is 65.1 Å². The van der Waals surface area contributed by atoms with Crippen molar-refractivity contribution >= 4 is 5.97 Å². The first-order chi connectivity index (χ1) is 9.41. The lowest BCUT2D eigenvalue weighted by Crippen LogP contribution is -2.39. The highest BCUT2D eigenvalue weighted by atomic mass is 16.4. The minimum Gasteiger partial charge on any atom is -0.481 e. The summed E-state index contributed by atoms with van der Waals surface area (Å²) in [6.45, 7) is 6.65. The summed E-state index contributed by atoms with van der Waals surface area (Å²) >= 11 is 0. The van der Waals surface area contributed by atoms with Crippen molar-refractivity contribution in [3.05, 3.63) is 5.82 Å². The average molecular weight is 280 g/mol. The van der Waals surface area contributed by atoms with E-state index >= 15 is 0 Å². The molecule has 6 heteroatoms. The predicted octanol–water partition coefficient (Wildman–Crippen LogP) is 2.40. The summed E-state index contributed by atoms with van der Waals surface area (Å²) in [6, 6.07) is 0. The molecule has 0 spiro atoms. The van der Waals surface area contributed by atoms with Crippen LogP contribution >= 0.6 is 0 Å². The zero-order valence-corrected chi connectivity index (χ0v) is 12.6. The highest BCUT2D eigenvalue weighted by Crippen LogP contribution is 2.38. The Morgan fingerprint density at radius 2 is 2.00 bits per heavy atom.